The van der Waals surface area contributed by atoms with Gasteiger partial charge in [0.1, 0.15) is 11.8 Å². The second-order valence-electron chi connectivity index (χ2n) is 4.75. The predicted octanol–water partition coefficient (Wildman–Crippen LogP) is 2.42. The maximum Gasteiger partial charge on any atom is 0.251 e. The highest BCUT2D eigenvalue weighted by atomic mass is 32.2. The molecule has 2 rings (SSSR count). The number of hydrogen-bond donors (Lipinski definition) is 1. The molecule has 0 spiro atoms. The van der Waals surface area contributed by atoms with E-state index in [4.69, 9.17) is 17.0 Å². The normalized spacial score (nSPS) is 18.0. The van der Waals surface area contributed by atoms with E-state index in [2.05, 4.69) is 5.32 Å². The molecule has 1 amide bonds. The minimum absolute atomic E-state index is 0.0559. The van der Waals surface area contributed by atoms with Crippen LogP contribution in [0.4, 0.5) is 0 Å². The average molecular weight is 324 g/mol. The van der Waals surface area contributed by atoms with Gasteiger partial charge in [-0.2, -0.15) is 11.8 Å². The second kappa shape index (κ2) is 7.66. The number of carbonyl (C=O) groups is 1. The Balaban J connectivity index is 2.09. The van der Waals surface area contributed by atoms with Crippen molar-refractivity contribution in [2.45, 2.75) is 25.9 Å². The molecule has 21 heavy (non-hydrogen) atoms. The molecule has 1 atom stereocenters. The van der Waals surface area contributed by atoms with Gasteiger partial charge in [0.05, 0.1) is 13.2 Å². The first-order valence-corrected chi connectivity index (χ1v) is 8.79. The Labute approximate surface area is 135 Å². The molecule has 1 saturated heterocycles. The smallest absolute Gasteiger partial charge is 0.251 e. The maximum absolute atomic E-state index is 12.4. The van der Waals surface area contributed by atoms with Crippen molar-refractivity contribution in [3.05, 3.63) is 29.8 Å². The zero-order chi connectivity index (χ0) is 15.2. The molecule has 1 N–H and O–H groups in total. The van der Waals surface area contributed by atoms with Crippen molar-refractivity contribution in [2.24, 2.45) is 0 Å². The zero-order valence-corrected chi connectivity index (χ0v) is 13.9. The molecule has 0 radical (unpaired) electrons. The number of rotatable bonds is 7. The van der Waals surface area contributed by atoms with Crippen molar-refractivity contribution in [1.29, 1.82) is 0 Å². The minimum Gasteiger partial charge on any atom is -0.494 e. The Morgan fingerprint density at radius 1 is 1.43 bits per heavy atom. The van der Waals surface area contributed by atoms with Crippen molar-refractivity contribution in [2.75, 3.05) is 18.6 Å². The monoisotopic (exact) mass is 324 g/mol. The van der Waals surface area contributed by atoms with E-state index in [9.17, 15) is 4.79 Å². The standard InChI is InChI=1S/C15H20N2O2S2/c1-3-19-13-7-5-4-6-11(13)10-17-14(18)12(8-9-21-2)16-15(17)20/h4-7,12H,3,8-10H2,1-2H3,(H,16,20)/t12-/m1/s1. The molecule has 0 saturated carbocycles. The molecule has 1 heterocycles. The van der Waals surface area contributed by atoms with Gasteiger partial charge < -0.3 is 10.1 Å². The largest absolute Gasteiger partial charge is 0.494 e. The van der Waals surface area contributed by atoms with Gasteiger partial charge in [-0.1, -0.05) is 18.2 Å². The van der Waals surface area contributed by atoms with Crippen LogP contribution < -0.4 is 10.1 Å². The number of hydrogen-bond acceptors (Lipinski definition) is 4. The first-order valence-electron chi connectivity index (χ1n) is 6.99. The van der Waals surface area contributed by atoms with E-state index in [1.165, 1.54) is 0 Å². The highest BCUT2D eigenvalue weighted by Gasteiger charge is 2.35. The number of carbonyl (C=O) groups excluding carboxylic acids is 1. The summed E-state index contributed by atoms with van der Waals surface area (Å²) >= 11 is 7.03. The average Bonchev–Trinajstić information content (AvgIpc) is 2.75. The summed E-state index contributed by atoms with van der Waals surface area (Å²) in [6, 6.07) is 7.57. The highest BCUT2D eigenvalue weighted by Crippen LogP contribution is 2.22. The lowest BCUT2D eigenvalue weighted by molar-refractivity contribution is -0.127. The first kappa shape index (κ1) is 16.1. The number of nitrogens with one attached hydrogen (secondary N) is 1. The van der Waals surface area contributed by atoms with E-state index in [1.54, 1.807) is 16.7 Å². The molecule has 114 valence electrons. The topological polar surface area (TPSA) is 41.6 Å². The van der Waals surface area contributed by atoms with Gasteiger partial charge in [-0.25, -0.2) is 0 Å². The molecule has 6 heteroatoms. The van der Waals surface area contributed by atoms with Crippen molar-refractivity contribution in [3.63, 3.8) is 0 Å². The molecule has 1 aromatic rings. The first-order chi connectivity index (χ1) is 10.2. The summed E-state index contributed by atoms with van der Waals surface area (Å²) in [7, 11) is 0. The van der Waals surface area contributed by atoms with Crippen LogP contribution in [-0.2, 0) is 11.3 Å². The van der Waals surface area contributed by atoms with Gasteiger partial charge in [0.25, 0.3) is 5.91 Å². The Bertz CT molecular complexity index is 522. The summed E-state index contributed by atoms with van der Waals surface area (Å²) in [6.45, 7) is 3.00. The fourth-order valence-corrected chi connectivity index (χ4v) is 3.03. The minimum atomic E-state index is -0.191. The van der Waals surface area contributed by atoms with E-state index >= 15 is 0 Å². The third-order valence-electron chi connectivity index (χ3n) is 3.32. The van der Waals surface area contributed by atoms with E-state index < -0.39 is 0 Å². The number of thioether (sulfide) groups is 1. The van der Waals surface area contributed by atoms with Gasteiger partial charge in [-0.05, 0) is 43.6 Å². The number of thiocarbonyl (C=S) groups is 1. The van der Waals surface area contributed by atoms with Crippen LogP contribution in [0, 0.1) is 0 Å². The Hall–Kier alpha value is -1.27. The van der Waals surface area contributed by atoms with Gasteiger partial charge in [-0.3, -0.25) is 9.69 Å². The second-order valence-corrected chi connectivity index (χ2v) is 6.12. The molecular weight excluding hydrogens is 304 g/mol. The Kier molecular flexibility index (Phi) is 5.87. The summed E-state index contributed by atoms with van der Waals surface area (Å²) in [5.41, 5.74) is 0.974. The van der Waals surface area contributed by atoms with Crippen LogP contribution in [0.5, 0.6) is 5.75 Å². The predicted molar refractivity (Wildman–Crippen MR) is 90.7 cm³/mol. The third kappa shape index (κ3) is 3.89. The number of benzene rings is 1. The fraction of sp³-hybridized carbons (Fsp3) is 0.467. The van der Waals surface area contributed by atoms with Crippen molar-refractivity contribution in [1.82, 2.24) is 10.2 Å². The molecule has 0 unspecified atom stereocenters. The van der Waals surface area contributed by atoms with Gasteiger partial charge >= 0.3 is 0 Å². The van der Waals surface area contributed by atoms with Crippen LogP contribution in [0.1, 0.15) is 18.9 Å². The van der Waals surface area contributed by atoms with Gasteiger partial charge in [0.2, 0.25) is 0 Å². The van der Waals surface area contributed by atoms with Crippen molar-refractivity contribution >= 4 is 35.0 Å². The summed E-state index contributed by atoms with van der Waals surface area (Å²) in [6.07, 6.45) is 2.83. The Morgan fingerprint density at radius 3 is 2.90 bits per heavy atom. The maximum atomic E-state index is 12.4. The van der Waals surface area contributed by atoms with Gasteiger partial charge in [0, 0.05) is 5.56 Å². The summed E-state index contributed by atoms with van der Waals surface area (Å²) in [5.74, 6) is 1.80. The van der Waals surface area contributed by atoms with Crippen LogP contribution in [-0.4, -0.2) is 40.6 Å². The van der Waals surface area contributed by atoms with Crippen LogP contribution in [0.15, 0.2) is 24.3 Å². The number of amides is 1. The van der Waals surface area contributed by atoms with Gasteiger partial charge in [-0.15, -0.1) is 0 Å². The molecule has 0 bridgehead atoms. The van der Waals surface area contributed by atoms with Gasteiger partial charge in [0.15, 0.2) is 5.11 Å². The van der Waals surface area contributed by atoms with Crippen LogP contribution in [0.3, 0.4) is 0 Å². The molecular formula is C15H20N2O2S2. The number of para-hydroxylation sites is 1. The van der Waals surface area contributed by atoms with E-state index in [1.807, 2.05) is 37.4 Å². The van der Waals surface area contributed by atoms with E-state index in [0.717, 1.165) is 23.5 Å². The molecule has 4 nitrogen and oxygen atoms in total. The lowest BCUT2D eigenvalue weighted by atomic mass is 10.1. The summed E-state index contributed by atoms with van der Waals surface area (Å²) in [5, 5.41) is 3.63. The lowest BCUT2D eigenvalue weighted by Crippen LogP contribution is -2.31. The highest BCUT2D eigenvalue weighted by molar-refractivity contribution is 7.98. The van der Waals surface area contributed by atoms with Crippen LogP contribution in [0.25, 0.3) is 0 Å². The van der Waals surface area contributed by atoms with E-state index in [-0.39, 0.29) is 11.9 Å². The molecule has 0 aliphatic carbocycles. The van der Waals surface area contributed by atoms with Crippen LogP contribution >= 0.6 is 24.0 Å². The number of ether oxygens (including phenoxy) is 1. The Morgan fingerprint density at radius 2 is 2.19 bits per heavy atom. The van der Waals surface area contributed by atoms with Crippen molar-refractivity contribution < 1.29 is 9.53 Å². The molecule has 0 aromatic heterocycles. The van der Waals surface area contributed by atoms with Crippen LogP contribution in [0.2, 0.25) is 0 Å². The molecule has 1 aliphatic heterocycles. The summed E-state index contributed by atoms with van der Waals surface area (Å²) < 4.78 is 5.60. The lowest BCUT2D eigenvalue weighted by Gasteiger charge is -2.17. The zero-order valence-electron chi connectivity index (χ0n) is 12.3. The molecule has 1 fully saturated rings. The van der Waals surface area contributed by atoms with Crippen molar-refractivity contribution in [3.8, 4) is 5.75 Å². The SMILES string of the molecule is CCOc1ccccc1CN1C(=O)[C@@H](CCSC)NC1=S. The quantitative estimate of drug-likeness (QED) is 0.780. The van der Waals surface area contributed by atoms with E-state index in [0.29, 0.717) is 18.3 Å². The fourth-order valence-electron chi connectivity index (χ4n) is 2.26. The number of nitrogens with zero attached hydrogens (tertiary/aromatic N) is 1. The molecule has 1 aromatic carbocycles. The molecule has 1 aliphatic rings. The third-order valence-corrected chi connectivity index (χ3v) is 4.30. The summed E-state index contributed by atoms with van der Waals surface area (Å²) in [4.78, 5) is 14.1.